The van der Waals surface area contributed by atoms with Crippen LogP contribution >= 0.6 is 23.2 Å². The number of hydrogen-bond donors (Lipinski definition) is 1. The van der Waals surface area contributed by atoms with Crippen LogP contribution in [0.5, 0.6) is 0 Å². The standard InChI is InChI=1S/C17H23Cl2NO2/c1-16(2,3)22-15(21)17(6-8-20-9-7-17)11-12-4-5-13(18)14(19)10-12/h4-5,10,20H,6-9,11H2,1-3H3. The van der Waals surface area contributed by atoms with E-state index in [0.717, 1.165) is 31.5 Å². The largest absolute Gasteiger partial charge is 0.460 e. The molecule has 1 aliphatic heterocycles. The zero-order chi connectivity index (χ0) is 16.4. The van der Waals surface area contributed by atoms with Crippen LogP contribution in [0.1, 0.15) is 39.2 Å². The van der Waals surface area contributed by atoms with Crippen LogP contribution in [0.15, 0.2) is 18.2 Å². The summed E-state index contributed by atoms with van der Waals surface area (Å²) in [4.78, 5) is 12.8. The van der Waals surface area contributed by atoms with Gasteiger partial charge >= 0.3 is 5.97 Å². The fourth-order valence-electron chi connectivity index (χ4n) is 2.79. The molecule has 2 rings (SSSR count). The molecule has 3 nitrogen and oxygen atoms in total. The third kappa shape index (κ3) is 4.37. The zero-order valence-corrected chi connectivity index (χ0v) is 14.9. The highest BCUT2D eigenvalue weighted by molar-refractivity contribution is 6.42. The van der Waals surface area contributed by atoms with Gasteiger partial charge in [0.05, 0.1) is 15.5 Å². The topological polar surface area (TPSA) is 38.3 Å². The Balaban J connectivity index is 2.25. The first-order valence-corrected chi connectivity index (χ1v) is 8.36. The summed E-state index contributed by atoms with van der Waals surface area (Å²) in [5.74, 6) is -0.118. The van der Waals surface area contributed by atoms with Crippen LogP contribution in [-0.4, -0.2) is 24.7 Å². The minimum Gasteiger partial charge on any atom is -0.460 e. The molecule has 1 fully saturated rings. The van der Waals surface area contributed by atoms with Gasteiger partial charge in [-0.3, -0.25) is 4.79 Å². The lowest BCUT2D eigenvalue weighted by atomic mass is 9.74. The molecular weight excluding hydrogens is 321 g/mol. The molecule has 1 aromatic rings. The number of carbonyl (C=O) groups is 1. The van der Waals surface area contributed by atoms with Gasteiger partial charge in [0.25, 0.3) is 0 Å². The summed E-state index contributed by atoms with van der Waals surface area (Å²) in [5.41, 5.74) is 0.0459. The second kappa shape index (κ2) is 6.77. The average molecular weight is 344 g/mol. The van der Waals surface area contributed by atoms with Crippen LogP contribution in [0.25, 0.3) is 0 Å². The molecule has 1 heterocycles. The highest BCUT2D eigenvalue weighted by atomic mass is 35.5. The summed E-state index contributed by atoms with van der Waals surface area (Å²) in [5, 5.41) is 4.36. The van der Waals surface area contributed by atoms with Gasteiger partial charge in [-0.15, -0.1) is 0 Å². The normalized spacial score (nSPS) is 18.0. The Morgan fingerprint density at radius 1 is 1.23 bits per heavy atom. The van der Waals surface area contributed by atoms with Crippen LogP contribution in [0, 0.1) is 5.41 Å². The van der Waals surface area contributed by atoms with Crippen molar-refractivity contribution >= 4 is 29.2 Å². The summed E-state index contributed by atoms with van der Waals surface area (Å²) in [6, 6.07) is 5.56. The summed E-state index contributed by atoms with van der Waals surface area (Å²) in [6.45, 7) is 7.34. The van der Waals surface area contributed by atoms with Gasteiger partial charge in [0, 0.05) is 0 Å². The van der Waals surface area contributed by atoms with Gasteiger partial charge < -0.3 is 10.1 Å². The van der Waals surface area contributed by atoms with E-state index in [1.807, 2.05) is 32.9 Å². The first-order valence-electron chi connectivity index (χ1n) is 7.60. The molecule has 0 spiro atoms. The molecule has 0 unspecified atom stereocenters. The van der Waals surface area contributed by atoms with Crippen molar-refractivity contribution in [2.24, 2.45) is 5.41 Å². The average Bonchev–Trinajstić information content (AvgIpc) is 2.42. The van der Waals surface area contributed by atoms with Crippen molar-refractivity contribution in [1.29, 1.82) is 0 Å². The maximum Gasteiger partial charge on any atom is 0.313 e. The van der Waals surface area contributed by atoms with E-state index in [9.17, 15) is 4.79 Å². The number of halogens is 2. The van der Waals surface area contributed by atoms with E-state index in [4.69, 9.17) is 27.9 Å². The lowest BCUT2D eigenvalue weighted by Crippen LogP contribution is -2.46. The molecule has 1 aliphatic rings. The molecule has 122 valence electrons. The number of hydrogen-bond acceptors (Lipinski definition) is 3. The molecule has 0 radical (unpaired) electrons. The minimum atomic E-state index is -0.490. The first-order chi connectivity index (χ1) is 10.2. The van der Waals surface area contributed by atoms with E-state index in [1.165, 1.54) is 0 Å². The van der Waals surface area contributed by atoms with Gasteiger partial charge in [0.15, 0.2) is 0 Å². The Labute approximate surface area is 142 Å². The molecular formula is C17H23Cl2NO2. The van der Waals surface area contributed by atoms with Gasteiger partial charge in [0.1, 0.15) is 5.60 Å². The van der Waals surface area contributed by atoms with Crippen molar-refractivity contribution in [2.45, 2.75) is 45.6 Å². The molecule has 0 bridgehead atoms. The predicted octanol–water partition coefficient (Wildman–Crippen LogP) is 4.25. The van der Waals surface area contributed by atoms with E-state index >= 15 is 0 Å². The fraction of sp³-hybridized carbons (Fsp3) is 0.588. The number of carbonyl (C=O) groups excluding carboxylic acids is 1. The van der Waals surface area contributed by atoms with E-state index in [-0.39, 0.29) is 5.97 Å². The lowest BCUT2D eigenvalue weighted by molar-refractivity contribution is -0.169. The zero-order valence-electron chi connectivity index (χ0n) is 13.3. The number of piperidine rings is 1. The van der Waals surface area contributed by atoms with Crippen LogP contribution in [0.3, 0.4) is 0 Å². The maximum atomic E-state index is 12.8. The van der Waals surface area contributed by atoms with Crippen molar-refractivity contribution in [2.75, 3.05) is 13.1 Å². The minimum absolute atomic E-state index is 0.118. The Hall–Kier alpha value is -0.770. The Morgan fingerprint density at radius 3 is 2.41 bits per heavy atom. The smallest absolute Gasteiger partial charge is 0.313 e. The van der Waals surface area contributed by atoms with E-state index < -0.39 is 11.0 Å². The molecule has 1 saturated heterocycles. The number of benzene rings is 1. The van der Waals surface area contributed by atoms with Crippen LogP contribution < -0.4 is 5.32 Å². The quantitative estimate of drug-likeness (QED) is 0.833. The van der Waals surface area contributed by atoms with Gasteiger partial charge in [-0.2, -0.15) is 0 Å². The number of nitrogens with one attached hydrogen (secondary N) is 1. The first kappa shape index (κ1) is 17.6. The van der Waals surface area contributed by atoms with Crippen molar-refractivity contribution in [3.63, 3.8) is 0 Å². The van der Waals surface area contributed by atoms with Crippen molar-refractivity contribution in [3.05, 3.63) is 33.8 Å². The maximum absolute atomic E-state index is 12.8. The van der Waals surface area contributed by atoms with Crippen molar-refractivity contribution in [1.82, 2.24) is 5.32 Å². The van der Waals surface area contributed by atoms with E-state index in [0.29, 0.717) is 16.5 Å². The SMILES string of the molecule is CC(C)(C)OC(=O)C1(Cc2ccc(Cl)c(Cl)c2)CCNCC1. The Morgan fingerprint density at radius 2 is 1.86 bits per heavy atom. The van der Waals surface area contributed by atoms with Crippen LogP contribution in [0.2, 0.25) is 10.0 Å². The van der Waals surface area contributed by atoms with Crippen LogP contribution in [-0.2, 0) is 16.0 Å². The summed E-state index contributed by atoms with van der Waals surface area (Å²) >= 11 is 12.1. The summed E-state index contributed by atoms with van der Waals surface area (Å²) in [6.07, 6.45) is 2.16. The third-order valence-electron chi connectivity index (χ3n) is 3.92. The molecule has 5 heteroatoms. The summed E-state index contributed by atoms with van der Waals surface area (Å²) < 4.78 is 5.68. The molecule has 1 aromatic carbocycles. The molecule has 0 aliphatic carbocycles. The second-order valence-electron chi connectivity index (χ2n) is 6.96. The van der Waals surface area contributed by atoms with Gasteiger partial charge in [-0.25, -0.2) is 0 Å². The third-order valence-corrected chi connectivity index (χ3v) is 4.66. The van der Waals surface area contributed by atoms with Gasteiger partial charge in [-0.05, 0) is 70.8 Å². The lowest BCUT2D eigenvalue weighted by Gasteiger charge is -2.37. The van der Waals surface area contributed by atoms with Crippen LogP contribution in [0.4, 0.5) is 0 Å². The van der Waals surface area contributed by atoms with E-state index in [2.05, 4.69) is 5.32 Å². The van der Waals surface area contributed by atoms with Crippen molar-refractivity contribution < 1.29 is 9.53 Å². The molecule has 0 atom stereocenters. The van der Waals surface area contributed by atoms with Gasteiger partial charge in [-0.1, -0.05) is 29.3 Å². The number of esters is 1. The molecule has 0 aromatic heterocycles. The molecule has 22 heavy (non-hydrogen) atoms. The molecule has 1 N–H and O–H groups in total. The predicted molar refractivity (Wildman–Crippen MR) is 90.5 cm³/mol. The molecule has 0 saturated carbocycles. The van der Waals surface area contributed by atoms with E-state index in [1.54, 1.807) is 6.07 Å². The van der Waals surface area contributed by atoms with Gasteiger partial charge in [0.2, 0.25) is 0 Å². The highest BCUT2D eigenvalue weighted by Crippen LogP contribution is 2.37. The Bertz CT molecular complexity index is 546. The fourth-order valence-corrected chi connectivity index (χ4v) is 3.11. The number of rotatable bonds is 3. The summed E-state index contributed by atoms with van der Waals surface area (Å²) in [7, 11) is 0. The second-order valence-corrected chi connectivity index (χ2v) is 7.77. The monoisotopic (exact) mass is 343 g/mol. The molecule has 0 amide bonds. The highest BCUT2D eigenvalue weighted by Gasteiger charge is 2.42. The Kier molecular flexibility index (Phi) is 5.41. The van der Waals surface area contributed by atoms with Crippen molar-refractivity contribution in [3.8, 4) is 0 Å². The number of ether oxygens (including phenoxy) is 1.